The summed E-state index contributed by atoms with van der Waals surface area (Å²) in [5, 5.41) is 2.99. The zero-order valence-electron chi connectivity index (χ0n) is 16.2. The Kier molecular flexibility index (Phi) is 6.68. The smallest absolute Gasteiger partial charge is 0.257 e. The second-order valence-electron chi connectivity index (χ2n) is 6.99. The molecule has 0 aliphatic heterocycles. The van der Waals surface area contributed by atoms with Crippen LogP contribution in [-0.4, -0.2) is 31.7 Å². The SMILES string of the molecule is CC(C)c1cccc(NC(=O)c2cc(S(=O)(=O)N(C)C(C)C)ccc2Cl)c1. The minimum absolute atomic E-state index is 0.0316. The van der Waals surface area contributed by atoms with Gasteiger partial charge in [0.1, 0.15) is 0 Å². The fourth-order valence-electron chi connectivity index (χ4n) is 2.46. The van der Waals surface area contributed by atoms with Crippen LogP contribution < -0.4 is 5.32 Å². The molecule has 5 nitrogen and oxygen atoms in total. The Labute approximate surface area is 166 Å². The molecule has 0 radical (unpaired) electrons. The van der Waals surface area contributed by atoms with Crippen molar-refractivity contribution in [3.8, 4) is 0 Å². The van der Waals surface area contributed by atoms with Crippen LogP contribution in [0.4, 0.5) is 5.69 Å². The molecule has 0 unspecified atom stereocenters. The Bertz CT molecular complexity index is 940. The third kappa shape index (κ3) is 4.89. The first kappa shape index (κ1) is 21.4. The molecular weight excluding hydrogens is 384 g/mol. The lowest BCUT2D eigenvalue weighted by atomic mass is 10.0. The molecule has 0 fully saturated rings. The van der Waals surface area contributed by atoms with E-state index in [0.29, 0.717) is 11.6 Å². The molecule has 7 heteroatoms. The van der Waals surface area contributed by atoms with Crippen LogP contribution in [0.2, 0.25) is 5.02 Å². The van der Waals surface area contributed by atoms with E-state index in [0.717, 1.165) is 5.56 Å². The standard InChI is InChI=1S/C20H25ClN2O3S/c1-13(2)15-7-6-8-16(11-15)22-20(24)18-12-17(9-10-19(18)21)27(25,26)23(5)14(3)4/h6-14H,1-5H3,(H,22,24). The lowest BCUT2D eigenvalue weighted by Gasteiger charge is -2.21. The van der Waals surface area contributed by atoms with Gasteiger partial charge in [-0.15, -0.1) is 0 Å². The minimum Gasteiger partial charge on any atom is -0.322 e. The summed E-state index contributed by atoms with van der Waals surface area (Å²) in [7, 11) is -2.20. The molecule has 2 aromatic carbocycles. The molecule has 0 bridgehead atoms. The number of hydrogen-bond acceptors (Lipinski definition) is 3. The molecule has 27 heavy (non-hydrogen) atoms. The van der Waals surface area contributed by atoms with Gasteiger partial charge in [-0.25, -0.2) is 8.42 Å². The van der Waals surface area contributed by atoms with E-state index < -0.39 is 15.9 Å². The first-order valence-corrected chi connectivity index (χ1v) is 10.5. The maximum atomic E-state index is 12.7. The highest BCUT2D eigenvalue weighted by Crippen LogP contribution is 2.25. The average molecular weight is 409 g/mol. The Morgan fingerprint density at radius 3 is 2.33 bits per heavy atom. The Hall–Kier alpha value is -1.89. The van der Waals surface area contributed by atoms with Crippen LogP contribution >= 0.6 is 11.6 Å². The van der Waals surface area contributed by atoms with Crippen LogP contribution in [0.5, 0.6) is 0 Å². The van der Waals surface area contributed by atoms with Crippen LogP contribution in [0.25, 0.3) is 0 Å². The van der Waals surface area contributed by atoms with Crippen LogP contribution in [0, 0.1) is 0 Å². The van der Waals surface area contributed by atoms with E-state index in [-0.39, 0.29) is 21.5 Å². The second kappa shape index (κ2) is 8.42. The minimum atomic E-state index is -3.71. The number of anilines is 1. The van der Waals surface area contributed by atoms with Gasteiger partial charge in [0.15, 0.2) is 0 Å². The molecule has 0 aromatic heterocycles. The van der Waals surface area contributed by atoms with Crippen molar-refractivity contribution in [2.75, 3.05) is 12.4 Å². The summed E-state index contributed by atoms with van der Waals surface area (Å²) in [6, 6.07) is 11.5. The molecule has 0 atom stereocenters. The summed E-state index contributed by atoms with van der Waals surface area (Å²) in [5.74, 6) is -0.129. The third-order valence-electron chi connectivity index (χ3n) is 4.40. The highest BCUT2D eigenvalue weighted by Gasteiger charge is 2.25. The highest BCUT2D eigenvalue weighted by molar-refractivity contribution is 7.89. The molecule has 0 saturated heterocycles. The van der Waals surface area contributed by atoms with Crippen LogP contribution in [0.1, 0.15) is 49.5 Å². The summed E-state index contributed by atoms with van der Waals surface area (Å²) in [4.78, 5) is 12.7. The van der Waals surface area contributed by atoms with Crippen molar-refractivity contribution in [2.24, 2.45) is 0 Å². The Balaban J connectivity index is 2.36. The van der Waals surface area contributed by atoms with E-state index in [1.165, 1.54) is 29.6 Å². The lowest BCUT2D eigenvalue weighted by molar-refractivity contribution is 0.102. The maximum absolute atomic E-state index is 12.7. The largest absolute Gasteiger partial charge is 0.322 e. The molecule has 0 heterocycles. The normalized spacial score (nSPS) is 12.0. The fourth-order valence-corrected chi connectivity index (χ4v) is 4.05. The summed E-state index contributed by atoms with van der Waals surface area (Å²) < 4.78 is 26.6. The number of sulfonamides is 1. The van der Waals surface area contributed by atoms with Gasteiger partial charge < -0.3 is 5.32 Å². The van der Waals surface area contributed by atoms with Crippen molar-refractivity contribution in [3.63, 3.8) is 0 Å². The van der Waals surface area contributed by atoms with E-state index in [2.05, 4.69) is 19.2 Å². The van der Waals surface area contributed by atoms with Gasteiger partial charge in [0.25, 0.3) is 5.91 Å². The third-order valence-corrected chi connectivity index (χ3v) is 6.76. The molecule has 2 rings (SSSR count). The molecule has 146 valence electrons. The van der Waals surface area contributed by atoms with Gasteiger partial charge in [-0.2, -0.15) is 4.31 Å². The van der Waals surface area contributed by atoms with Crippen molar-refractivity contribution < 1.29 is 13.2 Å². The van der Waals surface area contributed by atoms with Crippen molar-refractivity contribution in [3.05, 3.63) is 58.6 Å². The van der Waals surface area contributed by atoms with Gasteiger partial charge in [0.05, 0.1) is 15.5 Å². The van der Waals surface area contributed by atoms with Crippen molar-refractivity contribution in [1.29, 1.82) is 0 Å². The number of carbonyl (C=O) groups excluding carboxylic acids is 1. The first-order chi connectivity index (χ1) is 12.5. The van der Waals surface area contributed by atoms with Crippen LogP contribution in [-0.2, 0) is 10.0 Å². The van der Waals surface area contributed by atoms with Crippen LogP contribution in [0.3, 0.4) is 0 Å². The van der Waals surface area contributed by atoms with Crippen molar-refractivity contribution in [1.82, 2.24) is 4.31 Å². The molecule has 1 N–H and O–H groups in total. The lowest BCUT2D eigenvalue weighted by Crippen LogP contribution is -2.33. The zero-order chi connectivity index (χ0) is 20.4. The summed E-state index contributed by atoms with van der Waals surface area (Å²) >= 11 is 6.16. The molecule has 0 aliphatic carbocycles. The molecule has 0 saturated carbocycles. The summed E-state index contributed by atoms with van der Waals surface area (Å²) in [6.07, 6.45) is 0. The van der Waals surface area contributed by atoms with E-state index in [1.807, 2.05) is 18.2 Å². The Morgan fingerprint density at radius 1 is 1.07 bits per heavy atom. The zero-order valence-corrected chi connectivity index (χ0v) is 17.7. The average Bonchev–Trinajstić information content (AvgIpc) is 2.61. The van der Waals surface area contributed by atoms with Crippen molar-refractivity contribution in [2.45, 2.75) is 44.6 Å². The number of hydrogen-bond donors (Lipinski definition) is 1. The van der Waals surface area contributed by atoms with E-state index >= 15 is 0 Å². The topological polar surface area (TPSA) is 66.5 Å². The predicted octanol–water partition coefficient (Wildman–Crippen LogP) is 4.74. The number of halogens is 1. The number of benzene rings is 2. The Morgan fingerprint density at radius 2 is 1.74 bits per heavy atom. The van der Waals surface area contributed by atoms with E-state index in [9.17, 15) is 13.2 Å². The van der Waals surface area contributed by atoms with Gasteiger partial charge in [0, 0.05) is 18.8 Å². The predicted molar refractivity (Wildman–Crippen MR) is 110 cm³/mol. The van der Waals surface area contributed by atoms with Gasteiger partial charge in [0.2, 0.25) is 10.0 Å². The molecule has 0 aliphatic rings. The molecule has 1 amide bonds. The summed E-state index contributed by atoms with van der Waals surface area (Å²) in [6.45, 7) is 7.69. The number of nitrogens with one attached hydrogen (secondary N) is 1. The number of amides is 1. The molecule has 0 spiro atoms. The molecular formula is C20H25ClN2O3S. The number of carbonyl (C=O) groups is 1. The van der Waals surface area contributed by atoms with Gasteiger partial charge >= 0.3 is 0 Å². The van der Waals surface area contributed by atoms with Gasteiger partial charge in [-0.05, 0) is 55.7 Å². The number of nitrogens with zero attached hydrogens (tertiary/aromatic N) is 1. The van der Waals surface area contributed by atoms with E-state index in [1.54, 1.807) is 19.9 Å². The highest BCUT2D eigenvalue weighted by atomic mass is 35.5. The quantitative estimate of drug-likeness (QED) is 0.750. The summed E-state index contributed by atoms with van der Waals surface area (Å²) in [5.41, 5.74) is 1.84. The maximum Gasteiger partial charge on any atom is 0.257 e. The second-order valence-corrected chi connectivity index (χ2v) is 9.40. The van der Waals surface area contributed by atoms with Gasteiger partial charge in [-0.3, -0.25) is 4.79 Å². The van der Waals surface area contributed by atoms with Gasteiger partial charge in [-0.1, -0.05) is 37.6 Å². The van der Waals surface area contributed by atoms with Crippen molar-refractivity contribution >= 4 is 33.2 Å². The van der Waals surface area contributed by atoms with Crippen LogP contribution in [0.15, 0.2) is 47.4 Å². The van der Waals surface area contributed by atoms with E-state index in [4.69, 9.17) is 11.6 Å². The monoisotopic (exact) mass is 408 g/mol. The molecule has 2 aromatic rings. The fraction of sp³-hybridized carbons (Fsp3) is 0.350. The first-order valence-electron chi connectivity index (χ1n) is 8.73. The number of rotatable bonds is 6.